The maximum absolute atomic E-state index is 3.47. The van der Waals surface area contributed by atoms with Crippen molar-refractivity contribution in [1.82, 2.24) is 10.3 Å². The minimum absolute atomic E-state index is 0.581. The molecule has 2 N–H and O–H groups in total. The van der Waals surface area contributed by atoms with E-state index in [1.165, 1.54) is 34.0 Å². The molecule has 0 bridgehead atoms. The topological polar surface area (TPSA) is 27.8 Å². The first kappa shape index (κ1) is 13.2. The molecular formula is C16H24N2. The second kappa shape index (κ2) is 5.57. The first-order chi connectivity index (χ1) is 8.58. The zero-order chi connectivity index (χ0) is 13.1. The van der Waals surface area contributed by atoms with E-state index in [9.17, 15) is 0 Å². The largest absolute Gasteiger partial charge is 0.361 e. The van der Waals surface area contributed by atoms with Gasteiger partial charge < -0.3 is 10.3 Å². The molecule has 0 aliphatic heterocycles. The predicted molar refractivity (Wildman–Crippen MR) is 79.2 cm³/mol. The average molecular weight is 244 g/mol. The van der Waals surface area contributed by atoms with Gasteiger partial charge in [-0.15, -0.1) is 0 Å². The van der Waals surface area contributed by atoms with Crippen molar-refractivity contribution >= 4 is 10.9 Å². The van der Waals surface area contributed by atoms with E-state index < -0.39 is 0 Å². The van der Waals surface area contributed by atoms with Crippen LogP contribution in [0, 0.1) is 13.8 Å². The molecule has 2 aromatic rings. The predicted octanol–water partition coefficient (Wildman–Crippen LogP) is 3.72. The van der Waals surface area contributed by atoms with Crippen LogP contribution in [0.5, 0.6) is 0 Å². The Kier molecular flexibility index (Phi) is 4.07. The van der Waals surface area contributed by atoms with E-state index in [2.05, 4.69) is 56.3 Å². The third-order valence-corrected chi connectivity index (χ3v) is 3.39. The first-order valence-corrected chi connectivity index (χ1v) is 6.88. The molecule has 18 heavy (non-hydrogen) atoms. The lowest BCUT2D eigenvalue weighted by Crippen LogP contribution is -2.23. The van der Waals surface area contributed by atoms with Gasteiger partial charge in [-0.25, -0.2) is 0 Å². The zero-order valence-electron chi connectivity index (χ0n) is 11.9. The fourth-order valence-electron chi connectivity index (χ4n) is 2.53. The third kappa shape index (κ3) is 2.94. The Balaban J connectivity index is 2.09. The normalized spacial score (nSPS) is 11.6. The van der Waals surface area contributed by atoms with Gasteiger partial charge in [0.05, 0.1) is 0 Å². The molecule has 0 atom stereocenters. The third-order valence-electron chi connectivity index (χ3n) is 3.39. The summed E-state index contributed by atoms with van der Waals surface area (Å²) in [7, 11) is 0. The number of rotatable bonds is 5. The number of hydrogen-bond donors (Lipinski definition) is 2. The lowest BCUT2D eigenvalue weighted by molar-refractivity contribution is 0.571. The number of H-pyrrole nitrogens is 1. The van der Waals surface area contributed by atoms with Gasteiger partial charge in [0, 0.05) is 23.1 Å². The molecule has 0 amide bonds. The Morgan fingerprint density at radius 3 is 2.72 bits per heavy atom. The van der Waals surface area contributed by atoms with Gasteiger partial charge >= 0.3 is 0 Å². The quantitative estimate of drug-likeness (QED) is 0.771. The van der Waals surface area contributed by atoms with Gasteiger partial charge in [0.25, 0.3) is 0 Å². The van der Waals surface area contributed by atoms with Crippen LogP contribution >= 0.6 is 0 Å². The number of hydrogen-bond acceptors (Lipinski definition) is 1. The minimum Gasteiger partial charge on any atom is -0.361 e. The Morgan fingerprint density at radius 1 is 1.22 bits per heavy atom. The second-order valence-electron chi connectivity index (χ2n) is 5.53. The summed E-state index contributed by atoms with van der Waals surface area (Å²) in [4.78, 5) is 3.41. The fourth-order valence-corrected chi connectivity index (χ4v) is 2.53. The monoisotopic (exact) mass is 244 g/mol. The maximum Gasteiger partial charge on any atom is 0.0486 e. The van der Waals surface area contributed by atoms with Crippen LogP contribution in [0.4, 0.5) is 0 Å². The van der Waals surface area contributed by atoms with E-state index in [0.717, 1.165) is 13.0 Å². The number of aromatic nitrogens is 1. The standard InChI is InChI=1S/C16H24N2/c1-11(2)17-7-5-6-14-10-18-16-13(4)8-12(3)9-15(14)16/h8-11,17-18H,5-7H2,1-4H3. The molecule has 2 rings (SSSR count). The molecule has 0 radical (unpaired) electrons. The zero-order valence-corrected chi connectivity index (χ0v) is 11.9. The molecule has 0 aliphatic rings. The summed E-state index contributed by atoms with van der Waals surface area (Å²) < 4.78 is 0. The van der Waals surface area contributed by atoms with Crippen molar-refractivity contribution in [3.05, 3.63) is 35.0 Å². The molecule has 2 nitrogen and oxygen atoms in total. The van der Waals surface area contributed by atoms with Gasteiger partial charge in [-0.2, -0.15) is 0 Å². The Morgan fingerprint density at radius 2 is 2.00 bits per heavy atom. The van der Waals surface area contributed by atoms with Crippen molar-refractivity contribution in [3.8, 4) is 0 Å². The summed E-state index contributed by atoms with van der Waals surface area (Å²) in [5, 5.41) is 4.87. The molecule has 2 heteroatoms. The molecule has 1 heterocycles. The fraction of sp³-hybridized carbons (Fsp3) is 0.500. The highest BCUT2D eigenvalue weighted by molar-refractivity contribution is 5.86. The SMILES string of the molecule is Cc1cc(C)c2[nH]cc(CCCNC(C)C)c2c1. The van der Waals surface area contributed by atoms with Gasteiger partial charge in [-0.05, 0) is 50.4 Å². The smallest absolute Gasteiger partial charge is 0.0486 e. The van der Waals surface area contributed by atoms with Crippen molar-refractivity contribution in [2.45, 2.75) is 46.6 Å². The van der Waals surface area contributed by atoms with Crippen LogP contribution in [-0.2, 0) is 6.42 Å². The highest BCUT2D eigenvalue weighted by Gasteiger charge is 2.06. The summed E-state index contributed by atoms with van der Waals surface area (Å²) in [5.41, 5.74) is 5.44. The Bertz CT molecular complexity index is 523. The molecule has 98 valence electrons. The Labute approximate surface area is 110 Å². The summed E-state index contributed by atoms with van der Waals surface area (Å²) in [6.45, 7) is 9.82. The number of nitrogens with one attached hydrogen (secondary N) is 2. The van der Waals surface area contributed by atoms with Gasteiger partial charge in [0.15, 0.2) is 0 Å². The van der Waals surface area contributed by atoms with Crippen LogP contribution in [0.2, 0.25) is 0 Å². The van der Waals surface area contributed by atoms with Crippen LogP contribution in [-0.4, -0.2) is 17.6 Å². The highest BCUT2D eigenvalue weighted by atomic mass is 14.9. The minimum atomic E-state index is 0.581. The van der Waals surface area contributed by atoms with Crippen LogP contribution in [0.1, 0.15) is 37.0 Å². The lowest BCUT2D eigenvalue weighted by Gasteiger charge is -2.07. The molecule has 0 saturated carbocycles. The van der Waals surface area contributed by atoms with E-state index in [4.69, 9.17) is 0 Å². The molecule has 0 unspecified atom stereocenters. The van der Waals surface area contributed by atoms with E-state index in [-0.39, 0.29) is 0 Å². The van der Waals surface area contributed by atoms with Crippen molar-refractivity contribution in [3.63, 3.8) is 0 Å². The molecule has 0 saturated heterocycles. The van der Waals surface area contributed by atoms with Crippen molar-refractivity contribution in [2.24, 2.45) is 0 Å². The van der Waals surface area contributed by atoms with Crippen LogP contribution in [0.3, 0.4) is 0 Å². The van der Waals surface area contributed by atoms with E-state index in [0.29, 0.717) is 6.04 Å². The lowest BCUT2D eigenvalue weighted by atomic mass is 10.0. The van der Waals surface area contributed by atoms with Gasteiger partial charge in [-0.1, -0.05) is 25.5 Å². The van der Waals surface area contributed by atoms with E-state index >= 15 is 0 Å². The number of aromatic amines is 1. The number of fused-ring (bicyclic) bond motifs is 1. The summed E-state index contributed by atoms with van der Waals surface area (Å²) in [6, 6.07) is 5.12. The molecule has 1 aromatic heterocycles. The first-order valence-electron chi connectivity index (χ1n) is 6.88. The molecule has 0 aliphatic carbocycles. The molecular weight excluding hydrogens is 220 g/mol. The van der Waals surface area contributed by atoms with E-state index in [1.807, 2.05) is 0 Å². The van der Waals surface area contributed by atoms with E-state index in [1.54, 1.807) is 0 Å². The summed E-state index contributed by atoms with van der Waals surface area (Å²) in [5.74, 6) is 0. The van der Waals surface area contributed by atoms with Crippen molar-refractivity contribution in [2.75, 3.05) is 6.54 Å². The second-order valence-corrected chi connectivity index (χ2v) is 5.53. The average Bonchev–Trinajstić information content (AvgIpc) is 2.67. The van der Waals surface area contributed by atoms with Crippen molar-refractivity contribution < 1.29 is 0 Å². The van der Waals surface area contributed by atoms with Crippen LogP contribution < -0.4 is 5.32 Å². The highest BCUT2D eigenvalue weighted by Crippen LogP contribution is 2.24. The molecule has 0 fully saturated rings. The molecule has 0 spiro atoms. The van der Waals surface area contributed by atoms with Gasteiger partial charge in [0.1, 0.15) is 0 Å². The number of benzene rings is 1. The van der Waals surface area contributed by atoms with Crippen LogP contribution in [0.15, 0.2) is 18.3 Å². The number of aryl methyl sites for hydroxylation is 3. The van der Waals surface area contributed by atoms with Gasteiger partial charge in [0.2, 0.25) is 0 Å². The summed E-state index contributed by atoms with van der Waals surface area (Å²) >= 11 is 0. The maximum atomic E-state index is 3.47. The molecule has 1 aromatic carbocycles. The van der Waals surface area contributed by atoms with Crippen LogP contribution in [0.25, 0.3) is 10.9 Å². The Hall–Kier alpha value is -1.28. The van der Waals surface area contributed by atoms with Gasteiger partial charge in [-0.3, -0.25) is 0 Å². The summed E-state index contributed by atoms with van der Waals surface area (Å²) in [6.07, 6.45) is 4.51. The van der Waals surface area contributed by atoms with Crippen molar-refractivity contribution in [1.29, 1.82) is 0 Å².